The Hall–Kier alpha value is -1.96. The number of rotatable bonds is 7. The lowest BCUT2D eigenvalue weighted by Crippen LogP contribution is -2.04. The molecule has 0 radical (unpaired) electrons. The number of hydrogen-bond donors (Lipinski definition) is 2. The average molecular weight is 333 g/mol. The van der Waals surface area contributed by atoms with Crippen LogP contribution in [0.15, 0.2) is 40.5 Å². The number of pyridine rings is 1. The number of aromatic nitrogens is 2. The summed E-state index contributed by atoms with van der Waals surface area (Å²) in [4.78, 5) is 8.78. The van der Waals surface area contributed by atoms with Gasteiger partial charge in [0, 0.05) is 22.4 Å². The summed E-state index contributed by atoms with van der Waals surface area (Å²) in [7, 11) is 0. The molecule has 22 heavy (non-hydrogen) atoms. The molecule has 0 saturated carbocycles. The third kappa shape index (κ3) is 3.82. The molecule has 2 N–H and O–H groups in total. The number of anilines is 1. The molecule has 3 aromatic heterocycles. The molecule has 0 bridgehead atoms. The van der Waals surface area contributed by atoms with Crippen LogP contribution in [0, 0.1) is 0 Å². The molecule has 0 atom stereocenters. The zero-order valence-corrected chi connectivity index (χ0v) is 13.4. The normalized spacial score (nSPS) is 10.6. The summed E-state index contributed by atoms with van der Waals surface area (Å²) >= 11 is 3.33. The maximum Gasteiger partial charge on any atom is 0.213 e. The number of nitrogens with one attached hydrogen (secondary N) is 1. The molecule has 0 aliphatic heterocycles. The lowest BCUT2D eigenvalue weighted by Gasteiger charge is -2.06. The van der Waals surface area contributed by atoms with E-state index in [1.807, 2.05) is 6.07 Å². The van der Waals surface area contributed by atoms with Crippen LogP contribution in [0.4, 0.5) is 5.69 Å². The van der Waals surface area contributed by atoms with Crippen LogP contribution in [-0.4, -0.2) is 28.3 Å². The molecule has 0 amide bonds. The van der Waals surface area contributed by atoms with Gasteiger partial charge in [0.15, 0.2) is 0 Å². The van der Waals surface area contributed by atoms with E-state index < -0.39 is 0 Å². The van der Waals surface area contributed by atoms with Crippen LogP contribution in [0.1, 0.15) is 5.69 Å². The summed E-state index contributed by atoms with van der Waals surface area (Å²) < 4.78 is 5.22. The Morgan fingerprint density at radius 1 is 1.23 bits per heavy atom. The molecule has 3 rings (SSSR count). The van der Waals surface area contributed by atoms with Crippen molar-refractivity contribution in [3.8, 4) is 16.5 Å². The van der Waals surface area contributed by atoms with Crippen LogP contribution in [0.3, 0.4) is 0 Å². The Morgan fingerprint density at radius 3 is 2.91 bits per heavy atom. The highest BCUT2D eigenvalue weighted by Crippen LogP contribution is 2.26. The van der Waals surface area contributed by atoms with E-state index in [2.05, 4.69) is 37.5 Å². The van der Waals surface area contributed by atoms with Gasteiger partial charge in [-0.25, -0.2) is 9.97 Å². The standard InChI is InChI=1S/C15H15N3O2S2/c19-4-5-20-14-2-1-12(7-17-14)16-8-13-10-22-15(18-13)11-3-6-21-9-11/h1-3,6-7,9-10,16,19H,4-5,8H2. The predicted octanol–water partition coefficient (Wildman–Crippen LogP) is 3.25. The number of ether oxygens (including phenoxy) is 1. The molecule has 0 unspecified atom stereocenters. The van der Waals surface area contributed by atoms with Gasteiger partial charge in [-0.15, -0.1) is 11.3 Å². The van der Waals surface area contributed by atoms with Gasteiger partial charge in [0.1, 0.15) is 11.6 Å². The SMILES string of the molecule is OCCOc1ccc(NCc2csc(-c3ccsc3)n2)cn1. The molecule has 7 heteroatoms. The van der Waals surface area contributed by atoms with Crippen molar-refractivity contribution in [1.29, 1.82) is 0 Å². The third-order valence-electron chi connectivity index (χ3n) is 2.87. The lowest BCUT2D eigenvalue weighted by atomic mass is 10.3. The molecular formula is C15H15N3O2S2. The lowest BCUT2D eigenvalue weighted by molar-refractivity contribution is 0.196. The smallest absolute Gasteiger partial charge is 0.213 e. The molecule has 114 valence electrons. The Bertz CT molecular complexity index is 696. The largest absolute Gasteiger partial charge is 0.475 e. The average Bonchev–Trinajstić information content (AvgIpc) is 3.23. The summed E-state index contributed by atoms with van der Waals surface area (Å²) in [5.74, 6) is 0.507. The van der Waals surface area contributed by atoms with Crippen LogP contribution in [0.2, 0.25) is 0 Å². The molecule has 0 aromatic carbocycles. The van der Waals surface area contributed by atoms with Crippen molar-refractivity contribution in [3.63, 3.8) is 0 Å². The maximum atomic E-state index is 8.69. The van der Waals surface area contributed by atoms with Crippen LogP contribution >= 0.6 is 22.7 Å². The zero-order chi connectivity index (χ0) is 15.2. The van der Waals surface area contributed by atoms with Gasteiger partial charge in [-0.1, -0.05) is 0 Å². The first kappa shape index (κ1) is 15.0. The number of nitrogens with zero attached hydrogens (tertiary/aromatic N) is 2. The molecule has 0 fully saturated rings. The number of aliphatic hydroxyl groups is 1. The van der Waals surface area contributed by atoms with E-state index >= 15 is 0 Å². The Kier molecular flexibility index (Phi) is 4.99. The highest BCUT2D eigenvalue weighted by atomic mass is 32.1. The fraction of sp³-hybridized carbons (Fsp3) is 0.200. The second kappa shape index (κ2) is 7.35. The second-order valence-electron chi connectivity index (χ2n) is 4.47. The van der Waals surface area contributed by atoms with Gasteiger partial charge in [0.05, 0.1) is 30.7 Å². The molecular weight excluding hydrogens is 318 g/mol. The fourth-order valence-electron chi connectivity index (χ4n) is 1.82. The van der Waals surface area contributed by atoms with Crippen molar-refractivity contribution in [2.24, 2.45) is 0 Å². The van der Waals surface area contributed by atoms with E-state index in [1.54, 1.807) is 34.9 Å². The third-order valence-corrected chi connectivity index (χ3v) is 4.49. The first-order chi connectivity index (χ1) is 10.8. The van der Waals surface area contributed by atoms with E-state index in [4.69, 9.17) is 9.84 Å². The Morgan fingerprint density at radius 2 is 2.18 bits per heavy atom. The molecule has 5 nitrogen and oxygen atoms in total. The van der Waals surface area contributed by atoms with Crippen molar-refractivity contribution in [3.05, 3.63) is 46.2 Å². The second-order valence-corrected chi connectivity index (χ2v) is 6.10. The van der Waals surface area contributed by atoms with E-state index in [1.165, 1.54) is 5.56 Å². The van der Waals surface area contributed by atoms with E-state index in [9.17, 15) is 0 Å². The number of hydrogen-bond acceptors (Lipinski definition) is 7. The van der Waals surface area contributed by atoms with Crippen LogP contribution in [0.5, 0.6) is 5.88 Å². The molecule has 0 saturated heterocycles. The summed E-state index contributed by atoms with van der Waals surface area (Å²) in [6, 6.07) is 5.75. The van der Waals surface area contributed by atoms with Gasteiger partial charge >= 0.3 is 0 Å². The molecule has 3 aromatic rings. The van der Waals surface area contributed by atoms with E-state index in [0.717, 1.165) is 16.4 Å². The maximum absolute atomic E-state index is 8.69. The summed E-state index contributed by atoms with van der Waals surface area (Å²) in [6.07, 6.45) is 1.71. The minimum atomic E-state index is -0.0159. The Balaban J connectivity index is 1.56. The van der Waals surface area contributed by atoms with Gasteiger partial charge in [-0.05, 0) is 17.5 Å². The van der Waals surface area contributed by atoms with Gasteiger partial charge in [0.2, 0.25) is 5.88 Å². The van der Waals surface area contributed by atoms with Crippen molar-refractivity contribution in [2.45, 2.75) is 6.54 Å². The predicted molar refractivity (Wildman–Crippen MR) is 89.6 cm³/mol. The van der Waals surface area contributed by atoms with E-state index in [-0.39, 0.29) is 13.2 Å². The van der Waals surface area contributed by atoms with Crippen LogP contribution in [0.25, 0.3) is 10.6 Å². The molecule has 0 aliphatic carbocycles. The molecule has 0 aliphatic rings. The van der Waals surface area contributed by atoms with E-state index in [0.29, 0.717) is 12.4 Å². The van der Waals surface area contributed by atoms with Crippen molar-refractivity contribution in [2.75, 3.05) is 18.5 Å². The monoisotopic (exact) mass is 333 g/mol. The van der Waals surface area contributed by atoms with Gasteiger partial charge in [-0.2, -0.15) is 11.3 Å². The Labute approximate surface area is 136 Å². The van der Waals surface area contributed by atoms with Gasteiger partial charge < -0.3 is 15.2 Å². The topological polar surface area (TPSA) is 67.3 Å². The zero-order valence-electron chi connectivity index (χ0n) is 11.7. The minimum Gasteiger partial charge on any atom is -0.475 e. The number of aliphatic hydroxyl groups excluding tert-OH is 1. The molecule has 3 heterocycles. The van der Waals surface area contributed by atoms with Crippen molar-refractivity contribution < 1.29 is 9.84 Å². The minimum absolute atomic E-state index is 0.0159. The summed E-state index contributed by atoms with van der Waals surface area (Å²) in [6.45, 7) is 0.890. The quantitative estimate of drug-likeness (QED) is 0.695. The molecule has 0 spiro atoms. The number of thiophene rings is 1. The van der Waals surface area contributed by atoms with Crippen molar-refractivity contribution >= 4 is 28.4 Å². The number of thiazole rings is 1. The van der Waals surface area contributed by atoms with Gasteiger partial charge in [-0.3, -0.25) is 0 Å². The van der Waals surface area contributed by atoms with Gasteiger partial charge in [0.25, 0.3) is 0 Å². The fourth-order valence-corrected chi connectivity index (χ4v) is 3.35. The summed E-state index contributed by atoms with van der Waals surface area (Å²) in [5.41, 5.74) is 3.08. The van der Waals surface area contributed by atoms with Crippen LogP contribution < -0.4 is 10.1 Å². The highest BCUT2D eigenvalue weighted by molar-refractivity contribution is 7.14. The van der Waals surface area contributed by atoms with Crippen molar-refractivity contribution in [1.82, 2.24) is 9.97 Å². The summed E-state index contributed by atoms with van der Waals surface area (Å²) in [5, 5.41) is 19.2. The highest BCUT2D eigenvalue weighted by Gasteiger charge is 2.05. The first-order valence-corrected chi connectivity index (χ1v) is 8.58. The first-order valence-electron chi connectivity index (χ1n) is 6.76. The van der Waals surface area contributed by atoms with Crippen LogP contribution in [-0.2, 0) is 6.54 Å².